The van der Waals surface area contributed by atoms with Gasteiger partial charge in [-0.1, -0.05) is 19.9 Å². The summed E-state index contributed by atoms with van der Waals surface area (Å²) >= 11 is 0. The normalized spacial score (nSPS) is 20.3. The van der Waals surface area contributed by atoms with Crippen molar-refractivity contribution in [3.05, 3.63) is 23.8 Å². The van der Waals surface area contributed by atoms with Crippen LogP contribution in [0.3, 0.4) is 0 Å². The first-order valence-corrected chi connectivity index (χ1v) is 9.53. The lowest BCUT2D eigenvalue weighted by Crippen LogP contribution is -2.54. The van der Waals surface area contributed by atoms with Gasteiger partial charge in [-0.3, -0.25) is 9.59 Å². The molecule has 1 atom stereocenters. The van der Waals surface area contributed by atoms with Crippen molar-refractivity contribution >= 4 is 11.9 Å². The van der Waals surface area contributed by atoms with Gasteiger partial charge in [-0.25, -0.2) is 0 Å². The number of rotatable bonds is 7. The summed E-state index contributed by atoms with van der Waals surface area (Å²) in [6, 6.07) is 5.59. The highest BCUT2D eigenvalue weighted by Gasteiger charge is 2.45. The number of carboxylic acid groups (broad SMARTS) is 1. The number of amides is 1. The summed E-state index contributed by atoms with van der Waals surface area (Å²) in [7, 11) is 3.15. The molecule has 1 N–H and O–H groups in total. The Bertz CT molecular complexity index is 698. The molecule has 1 aliphatic heterocycles. The number of benzene rings is 1. The minimum atomic E-state index is -0.890. The molecule has 27 heavy (non-hydrogen) atoms. The van der Waals surface area contributed by atoms with E-state index in [9.17, 15) is 14.7 Å². The first-order chi connectivity index (χ1) is 12.8. The first kappa shape index (κ1) is 21.1. The van der Waals surface area contributed by atoms with E-state index in [0.717, 1.165) is 5.56 Å². The lowest BCUT2D eigenvalue weighted by molar-refractivity contribution is -0.155. The number of carboxylic acids is 1. The van der Waals surface area contributed by atoms with Crippen LogP contribution in [0.2, 0.25) is 0 Å². The quantitative estimate of drug-likeness (QED) is 0.787. The van der Waals surface area contributed by atoms with E-state index >= 15 is 0 Å². The molecule has 0 saturated carbocycles. The Morgan fingerprint density at radius 1 is 1.19 bits per heavy atom. The number of carbonyl (C=O) groups excluding carboxylic acids is 1. The second-order valence-electron chi connectivity index (χ2n) is 7.56. The lowest BCUT2D eigenvalue weighted by atomic mass is 9.73. The number of aliphatic carboxylic acids is 1. The van der Waals surface area contributed by atoms with Crippen LogP contribution in [0.4, 0.5) is 0 Å². The number of methoxy groups -OCH3 is 2. The second kappa shape index (κ2) is 8.19. The zero-order chi connectivity index (χ0) is 20.2. The summed E-state index contributed by atoms with van der Waals surface area (Å²) in [5.74, 6) is 0.353. The van der Waals surface area contributed by atoms with Gasteiger partial charge < -0.3 is 19.5 Å². The highest BCUT2D eigenvalue weighted by Crippen LogP contribution is 2.40. The van der Waals surface area contributed by atoms with E-state index < -0.39 is 16.8 Å². The van der Waals surface area contributed by atoms with E-state index in [1.165, 1.54) is 0 Å². The van der Waals surface area contributed by atoms with Crippen LogP contribution >= 0.6 is 0 Å². The highest BCUT2D eigenvalue weighted by molar-refractivity contribution is 5.89. The van der Waals surface area contributed by atoms with E-state index in [0.29, 0.717) is 43.7 Å². The average Bonchev–Trinajstić information content (AvgIpc) is 2.68. The maximum Gasteiger partial charge on any atom is 0.311 e. The van der Waals surface area contributed by atoms with Crippen molar-refractivity contribution in [3.8, 4) is 11.5 Å². The molecule has 0 spiro atoms. The average molecular weight is 377 g/mol. The van der Waals surface area contributed by atoms with Gasteiger partial charge in [-0.2, -0.15) is 0 Å². The van der Waals surface area contributed by atoms with Crippen LogP contribution in [0.1, 0.15) is 52.0 Å². The van der Waals surface area contributed by atoms with Crippen LogP contribution in [-0.2, 0) is 15.0 Å². The topological polar surface area (TPSA) is 76.1 Å². The van der Waals surface area contributed by atoms with Crippen LogP contribution in [0.15, 0.2) is 18.2 Å². The third kappa shape index (κ3) is 3.75. The molecule has 2 rings (SSSR count). The van der Waals surface area contributed by atoms with Crippen molar-refractivity contribution in [1.29, 1.82) is 0 Å². The van der Waals surface area contributed by atoms with Crippen molar-refractivity contribution in [3.63, 3.8) is 0 Å². The Morgan fingerprint density at radius 3 is 2.33 bits per heavy atom. The maximum absolute atomic E-state index is 13.6. The monoisotopic (exact) mass is 377 g/mol. The van der Waals surface area contributed by atoms with E-state index in [2.05, 4.69) is 0 Å². The van der Waals surface area contributed by atoms with E-state index in [1.54, 1.807) is 26.0 Å². The largest absolute Gasteiger partial charge is 0.493 e. The zero-order valence-electron chi connectivity index (χ0n) is 17.0. The summed E-state index contributed by atoms with van der Waals surface area (Å²) in [6.07, 6.45) is 2.54. The van der Waals surface area contributed by atoms with Crippen molar-refractivity contribution in [2.75, 3.05) is 27.3 Å². The molecule has 1 aromatic rings. The van der Waals surface area contributed by atoms with Crippen molar-refractivity contribution in [2.24, 2.45) is 5.41 Å². The molecule has 0 radical (unpaired) electrons. The summed E-state index contributed by atoms with van der Waals surface area (Å²) in [5, 5.41) is 9.59. The predicted octanol–water partition coefficient (Wildman–Crippen LogP) is 3.47. The van der Waals surface area contributed by atoms with Gasteiger partial charge in [0.05, 0.1) is 25.0 Å². The number of nitrogens with zero attached hydrogens (tertiary/aromatic N) is 1. The van der Waals surface area contributed by atoms with Crippen molar-refractivity contribution in [2.45, 2.75) is 51.9 Å². The summed E-state index contributed by atoms with van der Waals surface area (Å²) in [4.78, 5) is 27.0. The molecule has 1 heterocycles. The van der Waals surface area contributed by atoms with Gasteiger partial charge in [-0.05, 0) is 50.3 Å². The number of hydrogen-bond acceptors (Lipinski definition) is 4. The fourth-order valence-corrected chi connectivity index (χ4v) is 4.11. The maximum atomic E-state index is 13.6. The third-order valence-corrected chi connectivity index (χ3v) is 6.05. The van der Waals surface area contributed by atoms with E-state index in [1.807, 2.05) is 32.0 Å². The minimum Gasteiger partial charge on any atom is -0.493 e. The van der Waals surface area contributed by atoms with Crippen LogP contribution in [-0.4, -0.2) is 49.2 Å². The molecule has 1 unspecified atom stereocenters. The standard InChI is InChI=1S/C21H31NO5/c1-6-21(7-2,15-9-10-16(26-4)17(13-15)27-5)18(23)22-12-8-11-20(3,14-22)19(24)25/h9-10,13H,6-8,11-12,14H2,1-5H3,(H,24,25). The second-order valence-corrected chi connectivity index (χ2v) is 7.56. The van der Waals surface area contributed by atoms with Gasteiger partial charge in [0, 0.05) is 13.1 Å². The summed E-state index contributed by atoms with van der Waals surface area (Å²) < 4.78 is 10.7. The van der Waals surface area contributed by atoms with Crippen LogP contribution in [0.25, 0.3) is 0 Å². The number of ether oxygens (including phenoxy) is 2. The van der Waals surface area contributed by atoms with Crippen LogP contribution < -0.4 is 9.47 Å². The lowest BCUT2D eigenvalue weighted by Gasteiger charge is -2.43. The molecule has 0 aromatic heterocycles. The molecule has 1 aliphatic rings. The Kier molecular flexibility index (Phi) is 6.39. The molecule has 0 aliphatic carbocycles. The van der Waals surface area contributed by atoms with Gasteiger partial charge in [0.2, 0.25) is 5.91 Å². The molecule has 1 fully saturated rings. The summed E-state index contributed by atoms with van der Waals surface area (Å²) in [5.41, 5.74) is -0.729. The number of piperidine rings is 1. The Hall–Kier alpha value is -2.24. The van der Waals surface area contributed by atoms with Gasteiger partial charge in [-0.15, -0.1) is 0 Å². The molecule has 1 saturated heterocycles. The molecule has 0 bridgehead atoms. The molecule has 6 nitrogen and oxygen atoms in total. The number of carbonyl (C=O) groups is 2. The first-order valence-electron chi connectivity index (χ1n) is 9.53. The van der Waals surface area contributed by atoms with Crippen LogP contribution in [0.5, 0.6) is 11.5 Å². The smallest absolute Gasteiger partial charge is 0.311 e. The Labute approximate surface area is 161 Å². The molecule has 6 heteroatoms. The molecule has 150 valence electrons. The fourth-order valence-electron chi connectivity index (χ4n) is 4.11. The fraction of sp³-hybridized carbons (Fsp3) is 0.619. The van der Waals surface area contributed by atoms with Gasteiger partial charge >= 0.3 is 5.97 Å². The van der Waals surface area contributed by atoms with Crippen molar-refractivity contribution in [1.82, 2.24) is 4.90 Å². The van der Waals surface area contributed by atoms with E-state index in [-0.39, 0.29) is 12.5 Å². The van der Waals surface area contributed by atoms with Crippen LogP contribution in [0, 0.1) is 5.41 Å². The Balaban J connectivity index is 2.43. The summed E-state index contributed by atoms with van der Waals surface area (Å²) in [6.45, 7) is 6.56. The molecule has 1 aromatic carbocycles. The van der Waals surface area contributed by atoms with Gasteiger partial charge in [0.25, 0.3) is 0 Å². The third-order valence-electron chi connectivity index (χ3n) is 6.05. The number of likely N-dealkylation sites (tertiary alicyclic amines) is 1. The SMILES string of the molecule is CCC(CC)(C(=O)N1CCCC(C)(C(=O)O)C1)c1ccc(OC)c(OC)c1. The molecular formula is C21H31NO5. The number of hydrogen-bond donors (Lipinski definition) is 1. The molecular weight excluding hydrogens is 346 g/mol. The van der Waals surface area contributed by atoms with Crippen molar-refractivity contribution < 1.29 is 24.2 Å². The zero-order valence-corrected chi connectivity index (χ0v) is 17.0. The van der Waals surface area contributed by atoms with Gasteiger partial charge in [0.1, 0.15) is 0 Å². The highest BCUT2D eigenvalue weighted by atomic mass is 16.5. The minimum absolute atomic E-state index is 0.00750. The van der Waals surface area contributed by atoms with E-state index in [4.69, 9.17) is 9.47 Å². The Morgan fingerprint density at radius 2 is 1.81 bits per heavy atom. The predicted molar refractivity (Wildman–Crippen MR) is 103 cm³/mol. The molecule has 1 amide bonds. The van der Waals surface area contributed by atoms with Gasteiger partial charge in [0.15, 0.2) is 11.5 Å².